The summed E-state index contributed by atoms with van der Waals surface area (Å²) in [6.45, 7) is 1.87. The molecule has 4 nitrogen and oxygen atoms in total. The van der Waals surface area contributed by atoms with Gasteiger partial charge in [-0.05, 0) is 41.1 Å². The highest BCUT2D eigenvalue weighted by Gasteiger charge is 2.12. The van der Waals surface area contributed by atoms with Crippen molar-refractivity contribution in [3.63, 3.8) is 0 Å². The van der Waals surface area contributed by atoms with Gasteiger partial charge in [-0.25, -0.2) is 4.98 Å². The highest BCUT2D eigenvalue weighted by atomic mass is 79.9. The van der Waals surface area contributed by atoms with Crippen LogP contribution >= 0.6 is 15.9 Å². The summed E-state index contributed by atoms with van der Waals surface area (Å²) in [4.78, 5) is 4.17. The third-order valence-corrected chi connectivity index (χ3v) is 3.33. The van der Waals surface area contributed by atoms with Crippen molar-refractivity contribution in [1.29, 1.82) is 5.26 Å². The SMILES string of the molecule is COc1ncc(-c2cc(C#N)cc(Br)c2O)cc1C. The minimum absolute atomic E-state index is 0.0883. The molecule has 0 atom stereocenters. The Morgan fingerprint density at radius 1 is 1.37 bits per heavy atom. The molecule has 1 N–H and O–H groups in total. The fraction of sp³-hybridized carbons (Fsp3) is 0.143. The van der Waals surface area contributed by atoms with E-state index in [4.69, 9.17) is 10.00 Å². The van der Waals surface area contributed by atoms with Gasteiger partial charge < -0.3 is 9.84 Å². The zero-order valence-corrected chi connectivity index (χ0v) is 12.0. The van der Waals surface area contributed by atoms with Gasteiger partial charge in [0, 0.05) is 22.9 Å². The van der Waals surface area contributed by atoms with Gasteiger partial charge in [-0.2, -0.15) is 5.26 Å². The number of pyridine rings is 1. The van der Waals surface area contributed by atoms with Crippen molar-refractivity contribution in [2.24, 2.45) is 0 Å². The molecule has 96 valence electrons. The van der Waals surface area contributed by atoms with Crippen molar-refractivity contribution < 1.29 is 9.84 Å². The average molecular weight is 319 g/mol. The maximum absolute atomic E-state index is 10.1. The van der Waals surface area contributed by atoms with E-state index < -0.39 is 0 Å². The summed E-state index contributed by atoms with van der Waals surface area (Å²) in [5, 5.41) is 19.0. The van der Waals surface area contributed by atoms with Crippen molar-refractivity contribution in [2.75, 3.05) is 7.11 Å². The number of aromatic nitrogens is 1. The molecule has 0 bridgehead atoms. The largest absolute Gasteiger partial charge is 0.506 e. The number of nitrogens with zero attached hydrogens (tertiary/aromatic N) is 2. The van der Waals surface area contributed by atoms with Crippen LogP contribution in [-0.4, -0.2) is 17.2 Å². The Bertz CT molecular complexity index is 678. The molecule has 1 heterocycles. The quantitative estimate of drug-likeness (QED) is 0.921. The fourth-order valence-corrected chi connectivity index (χ4v) is 2.27. The molecule has 2 aromatic rings. The molecule has 0 spiro atoms. The van der Waals surface area contributed by atoms with E-state index in [1.807, 2.05) is 13.0 Å². The second-order valence-electron chi connectivity index (χ2n) is 4.02. The second-order valence-corrected chi connectivity index (χ2v) is 4.87. The van der Waals surface area contributed by atoms with Gasteiger partial charge in [0.25, 0.3) is 0 Å². The summed E-state index contributed by atoms with van der Waals surface area (Å²) in [6.07, 6.45) is 1.61. The Kier molecular flexibility index (Phi) is 3.72. The van der Waals surface area contributed by atoms with Gasteiger partial charge in [-0.15, -0.1) is 0 Å². The van der Waals surface area contributed by atoms with E-state index in [1.54, 1.807) is 25.4 Å². The Balaban J connectivity index is 2.62. The van der Waals surface area contributed by atoms with Crippen LogP contribution < -0.4 is 4.74 Å². The molecule has 0 aliphatic rings. The normalized spacial score (nSPS) is 10.0. The van der Waals surface area contributed by atoms with Gasteiger partial charge in [-0.3, -0.25) is 0 Å². The first-order valence-corrected chi connectivity index (χ1v) is 6.29. The van der Waals surface area contributed by atoms with Crippen LogP contribution in [0.25, 0.3) is 11.1 Å². The first-order valence-electron chi connectivity index (χ1n) is 5.50. The zero-order chi connectivity index (χ0) is 14.0. The molecule has 2 rings (SSSR count). The van der Waals surface area contributed by atoms with Crippen LogP contribution in [-0.2, 0) is 0 Å². The van der Waals surface area contributed by atoms with E-state index in [1.165, 1.54) is 0 Å². The molecule has 1 aromatic carbocycles. The number of hydrogen-bond acceptors (Lipinski definition) is 4. The van der Waals surface area contributed by atoms with Gasteiger partial charge in [0.1, 0.15) is 5.75 Å². The van der Waals surface area contributed by atoms with Crippen LogP contribution in [0.3, 0.4) is 0 Å². The van der Waals surface area contributed by atoms with Crippen molar-refractivity contribution in [2.45, 2.75) is 6.92 Å². The van der Waals surface area contributed by atoms with Crippen LogP contribution in [0.5, 0.6) is 11.6 Å². The molecule has 0 amide bonds. The van der Waals surface area contributed by atoms with Gasteiger partial charge in [0.2, 0.25) is 5.88 Å². The third-order valence-electron chi connectivity index (χ3n) is 2.73. The predicted molar refractivity (Wildman–Crippen MR) is 75.0 cm³/mol. The van der Waals surface area contributed by atoms with Crippen molar-refractivity contribution in [1.82, 2.24) is 4.98 Å². The van der Waals surface area contributed by atoms with Crippen molar-refractivity contribution in [3.05, 3.63) is 40.0 Å². The van der Waals surface area contributed by atoms with E-state index in [9.17, 15) is 5.11 Å². The molecule has 5 heteroatoms. The number of ether oxygens (including phenoxy) is 1. The number of aryl methyl sites for hydroxylation is 1. The van der Waals surface area contributed by atoms with Gasteiger partial charge in [0.15, 0.2) is 0 Å². The highest BCUT2D eigenvalue weighted by molar-refractivity contribution is 9.10. The molecule has 19 heavy (non-hydrogen) atoms. The van der Waals surface area contributed by atoms with Crippen LogP contribution in [0.2, 0.25) is 0 Å². The molecule has 0 unspecified atom stereocenters. The maximum atomic E-state index is 10.1. The first-order chi connectivity index (χ1) is 9.06. The van der Waals surface area contributed by atoms with E-state index >= 15 is 0 Å². The average Bonchev–Trinajstić information content (AvgIpc) is 2.41. The Morgan fingerprint density at radius 3 is 2.68 bits per heavy atom. The number of aromatic hydroxyl groups is 1. The smallest absolute Gasteiger partial charge is 0.215 e. The Labute approximate surface area is 119 Å². The number of hydrogen-bond donors (Lipinski definition) is 1. The number of phenolic OH excluding ortho intramolecular Hbond substituents is 1. The number of methoxy groups -OCH3 is 1. The lowest BCUT2D eigenvalue weighted by atomic mass is 10.0. The summed E-state index contributed by atoms with van der Waals surface area (Å²) >= 11 is 3.24. The van der Waals surface area contributed by atoms with E-state index in [0.29, 0.717) is 21.5 Å². The minimum atomic E-state index is 0.0883. The summed E-state index contributed by atoms with van der Waals surface area (Å²) in [5.74, 6) is 0.629. The molecular weight excluding hydrogens is 308 g/mol. The van der Waals surface area contributed by atoms with Crippen LogP contribution in [0.15, 0.2) is 28.9 Å². The van der Waals surface area contributed by atoms with E-state index in [2.05, 4.69) is 27.0 Å². The topological polar surface area (TPSA) is 66.1 Å². The molecule has 1 aromatic heterocycles. The van der Waals surface area contributed by atoms with Crippen LogP contribution in [0.1, 0.15) is 11.1 Å². The minimum Gasteiger partial charge on any atom is -0.506 e. The number of halogens is 1. The Hall–Kier alpha value is -2.06. The van der Waals surface area contributed by atoms with Gasteiger partial charge in [-0.1, -0.05) is 0 Å². The second kappa shape index (κ2) is 5.29. The number of phenols is 1. The third kappa shape index (κ3) is 2.54. The molecule has 0 saturated heterocycles. The highest BCUT2D eigenvalue weighted by Crippen LogP contribution is 2.37. The lowest BCUT2D eigenvalue weighted by Crippen LogP contribution is -1.92. The number of rotatable bonds is 2. The first kappa shape index (κ1) is 13.4. The summed E-state index contributed by atoms with van der Waals surface area (Å²) in [7, 11) is 1.55. The van der Waals surface area contributed by atoms with Crippen molar-refractivity contribution in [3.8, 4) is 28.8 Å². The predicted octanol–water partition coefficient (Wildman–Crippen LogP) is 3.41. The molecule has 0 radical (unpaired) electrons. The molecule has 0 saturated carbocycles. The summed E-state index contributed by atoms with van der Waals surface area (Å²) in [6, 6.07) is 7.11. The standard InChI is InChI=1S/C14H11BrN2O2/c1-8-3-10(7-17-14(8)19-2)11-4-9(6-16)5-12(15)13(11)18/h3-5,7,18H,1-2H3. The van der Waals surface area contributed by atoms with Gasteiger partial charge in [0.05, 0.1) is 23.2 Å². The zero-order valence-electron chi connectivity index (χ0n) is 10.4. The lowest BCUT2D eigenvalue weighted by molar-refractivity contribution is 0.394. The summed E-state index contributed by atoms with van der Waals surface area (Å²) < 4.78 is 5.58. The van der Waals surface area contributed by atoms with Crippen molar-refractivity contribution >= 4 is 15.9 Å². The summed E-state index contributed by atoms with van der Waals surface area (Å²) in [5.41, 5.74) is 2.61. The monoisotopic (exact) mass is 318 g/mol. The molecule has 0 fully saturated rings. The number of benzene rings is 1. The number of nitriles is 1. The van der Waals surface area contributed by atoms with Crippen LogP contribution in [0, 0.1) is 18.3 Å². The van der Waals surface area contributed by atoms with Crippen LogP contribution in [0.4, 0.5) is 0 Å². The molecular formula is C14H11BrN2O2. The molecule has 0 aliphatic heterocycles. The lowest BCUT2D eigenvalue weighted by Gasteiger charge is -2.09. The van der Waals surface area contributed by atoms with E-state index in [-0.39, 0.29) is 5.75 Å². The van der Waals surface area contributed by atoms with Gasteiger partial charge >= 0.3 is 0 Å². The van der Waals surface area contributed by atoms with E-state index in [0.717, 1.165) is 11.1 Å². The Morgan fingerprint density at radius 2 is 2.11 bits per heavy atom. The maximum Gasteiger partial charge on any atom is 0.215 e. The molecule has 0 aliphatic carbocycles. The fourth-order valence-electron chi connectivity index (χ4n) is 1.81.